The minimum atomic E-state index is 0.291. The summed E-state index contributed by atoms with van der Waals surface area (Å²) in [4.78, 5) is 0. The van der Waals surface area contributed by atoms with E-state index in [1.807, 2.05) is 0 Å². The fraction of sp³-hybridized carbons (Fsp3) is 1.00. The van der Waals surface area contributed by atoms with E-state index in [9.17, 15) is 0 Å². The zero-order valence-electron chi connectivity index (χ0n) is 9.18. The summed E-state index contributed by atoms with van der Waals surface area (Å²) in [5.41, 5.74) is 6.11. The number of hydrogen-bond donors (Lipinski definition) is 1. The number of nitrogens with two attached hydrogens (primary N) is 1. The molecule has 0 unspecified atom stereocenters. The maximum atomic E-state index is 5.84. The van der Waals surface area contributed by atoms with Crippen LogP contribution in [0.15, 0.2) is 0 Å². The van der Waals surface area contributed by atoms with Crippen LogP contribution in [0.1, 0.15) is 46.5 Å². The van der Waals surface area contributed by atoms with Crippen LogP contribution in [0.5, 0.6) is 0 Å². The SMILES string of the molecule is CC(C)(C)COC1CCC(N)CC1. The lowest BCUT2D eigenvalue weighted by Gasteiger charge is -2.29. The normalized spacial score (nSPS) is 30.5. The smallest absolute Gasteiger partial charge is 0.0576 e. The summed E-state index contributed by atoms with van der Waals surface area (Å²) in [5.74, 6) is 0. The van der Waals surface area contributed by atoms with Gasteiger partial charge < -0.3 is 10.5 Å². The molecule has 2 N–H and O–H groups in total. The van der Waals surface area contributed by atoms with E-state index in [0.29, 0.717) is 17.6 Å². The summed E-state index contributed by atoms with van der Waals surface area (Å²) in [7, 11) is 0. The highest BCUT2D eigenvalue weighted by atomic mass is 16.5. The van der Waals surface area contributed by atoms with Gasteiger partial charge in [0, 0.05) is 6.04 Å². The Labute approximate surface area is 81.8 Å². The van der Waals surface area contributed by atoms with Crippen molar-refractivity contribution in [3.05, 3.63) is 0 Å². The van der Waals surface area contributed by atoms with E-state index in [2.05, 4.69) is 20.8 Å². The number of ether oxygens (including phenoxy) is 1. The van der Waals surface area contributed by atoms with E-state index in [1.165, 1.54) is 0 Å². The van der Waals surface area contributed by atoms with Crippen molar-refractivity contribution in [2.24, 2.45) is 11.1 Å². The van der Waals surface area contributed by atoms with Gasteiger partial charge in [-0.15, -0.1) is 0 Å². The molecule has 1 saturated carbocycles. The second-order valence-electron chi connectivity index (χ2n) is 5.41. The van der Waals surface area contributed by atoms with Crippen LogP contribution in [0.2, 0.25) is 0 Å². The molecule has 78 valence electrons. The third-order valence-corrected chi connectivity index (χ3v) is 2.47. The molecular weight excluding hydrogens is 162 g/mol. The van der Waals surface area contributed by atoms with E-state index >= 15 is 0 Å². The summed E-state index contributed by atoms with van der Waals surface area (Å²) in [6.07, 6.45) is 5.04. The average molecular weight is 185 g/mol. The first-order valence-corrected chi connectivity index (χ1v) is 5.34. The zero-order chi connectivity index (χ0) is 9.90. The Morgan fingerprint density at radius 3 is 2.15 bits per heavy atom. The van der Waals surface area contributed by atoms with Crippen LogP contribution in [0.4, 0.5) is 0 Å². The Kier molecular flexibility index (Phi) is 3.74. The maximum absolute atomic E-state index is 5.84. The zero-order valence-corrected chi connectivity index (χ0v) is 9.18. The third kappa shape index (κ3) is 4.63. The summed E-state index contributed by atoms with van der Waals surface area (Å²) in [5, 5.41) is 0. The topological polar surface area (TPSA) is 35.2 Å². The monoisotopic (exact) mass is 185 g/mol. The van der Waals surface area contributed by atoms with Gasteiger partial charge in [0.15, 0.2) is 0 Å². The quantitative estimate of drug-likeness (QED) is 0.716. The first-order valence-electron chi connectivity index (χ1n) is 5.34. The lowest BCUT2D eigenvalue weighted by Crippen LogP contribution is -2.31. The molecule has 1 rings (SSSR count). The maximum Gasteiger partial charge on any atom is 0.0576 e. The fourth-order valence-corrected chi connectivity index (χ4v) is 1.62. The highest BCUT2D eigenvalue weighted by Crippen LogP contribution is 2.22. The summed E-state index contributed by atoms with van der Waals surface area (Å²) in [6, 6.07) is 0.425. The first kappa shape index (κ1) is 11.0. The molecule has 0 aliphatic heterocycles. The largest absolute Gasteiger partial charge is 0.378 e. The summed E-state index contributed by atoms with van der Waals surface area (Å²) >= 11 is 0. The van der Waals surface area contributed by atoms with Crippen molar-refractivity contribution in [3.8, 4) is 0 Å². The lowest BCUT2D eigenvalue weighted by atomic mass is 9.93. The van der Waals surface area contributed by atoms with E-state index in [1.54, 1.807) is 0 Å². The molecule has 0 aromatic rings. The Balaban J connectivity index is 2.16. The molecule has 0 aromatic heterocycles. The average Bonchev–Trinajstić information content (AvgIpc) is 2.02. The highest BCUT2D eigenvalue weighted by molar-refractivity contribution is 4.75. The number of rotatable bonds is 2. The molecule has 0 atom stereocenters. The molecule has 0 amide bonds. The van der Waals surface area contributed by atoms with Crippen LogP contribution in [0.3, 0.4) is 0 Å². The third-order valence-electron chi connectivity index (χ3n) is 2.47. The Morgan fingerprint density at radius 2 is 1.69 bits per heavy atom. The van der Waals surface area contributed by atoms with Crippen molar-refractivity contribution in [1.82, 2.24) is 0 Å². The molecule has 2 nitrogen and oxygen atoms in total. The van der Waals surface area contributed by atoms with Gasteiger partial charge in [-0.25, -0.2) is 0 Å². The van der Waals surface area contributed by atoms with Crippen LogP contribution in [-0.2, 0) is 4.74 Å². The second kappa shape index (κ2) is 4.43. The van der Waals surface area contributed by atoms with Gasteiger partial charge in [-0.1, -0.05) is 20.8 Å². The van der Waals surface area contributed by atoms with Crippen LogP contribution in [0, 0.1) is 5.41 Å². The Morgan fingerprint density at radius 1 is 1.15 bits per heavy atom. The van der Waals surface area contributed by atoms with Gasteiger partial charge >= 0.3 is 0 Å². The second-order valence-corrected chi connectivity index (χ2v) is 5.41. The van der Waals surface area contributed by atoms with Gasteiger partial charge in [-0.05, 0) is 31.1 Å². The van der Waals surface area contributed by atoms with E-state index in [0.717, 1.165) is 32.3 Å². The van der Waals surface area contributed by atoms with Crippen LogP contribution >= 0.6 is 0 Å². The van der Waals surface area contributed by atoms with Crippen LogP contribution < -0.4 is 5.73 Å². The van der Waals surface area contributed by atoms with E-state index < -0.39 is 0 Å². The van der Waals surface area contributed by atoms with Crippen molar-refractivity contribution in [2.75, 3.05) is 6.61 Å². The first-order chi connectivity index (χ1) is 5.97. The highest BCUT2D eigenvalue weighted by Gasteiger charge is 2.20. The number of hydrogen-bond acceptors (Lipinski definition) is 2. The molecular formula is C11H23NO. The molecule has 0 spiro atoms. The summed E-state index contributed by atoms with van der Waals surface area (Å²) < 4.78 is 5.84. The predicted octanol–water partition coefficient (Wildman–Crippen LogP) is 2.32. The molecule has 1 aliphatic rings. The van der Waals surface area contributed by atoms with Crippen molar-refractivity contribution >= 4 is 0 Å². The molecule has 0 radical (unpaired) electrons. The molecule has 0 aromatic carbocycles. The van der Waals surface area contributed by atoms with E-state index in [4.69, 9.17) is 10.5 Å². The fourth-order valence-electron chi connectivity index (χ4n) is 1.62. The van der Waals surface area contributed by atoms with Crippen molar-refractivity contribution in [2.45, 2.75) is 58.6 Å². The predicted molar refractivity (Wildman–Crippen MR) is 55.6 cm³/mol. The Hall–Kier alpha value is -0.0800. The van der Waals surface area contributed by atoms with Crippen molar-refractivity contribution in [1.29, 1.82) is 0 Å². The molecule has 0 saturated heterocycles. The van der Waals surface area contributed by atoms with Gasteiger partial charge in [0.25, 0.3) is 0 Å². The van der Waals surface area contributed by atoms with E-state index in [-0.39, 0.29) is 0 Å². The van der Waals surface area contributed by atoms with Gasteiger partial charge in [0.2, 0.25) is 0 Å². The minimum Gasteiger partial charge on any atom is -0.378 e. The van der Waals surface area contributed by atoms with Gasteiger partial charge in [0.1, 0.15) is 0 Å². The molecule has 0 bridgehead atoms. The Bertz CT molecular complexity index is 143. The standard InChI is InChI=1S/C11H23NO/c1-11(2,3)8-13-10-6-4-9(12)5-7-10/h9-10H,4-8,12H2,1-3H3. The van der Waals surface area contributed by atoms with Gasteiger partial charge in [-0.2, -0.15) is 0 Å². The molecule has 13 heavy (non-hydrogen) atoms. The van der Waals surface area contributed by atoms with Gasteiger partial charge in [0.05, 0.1) is 12.7 Å². The van der Waals surface area contributed by atoms with Crippen LogP contribution in [-0.4, -0.2) is 18.8 Å². The van der Waals surface area contributed by atoms with Gasteiger partial charge in [-0.3, -0.25) is 0 Å². The summed E-state index contributed by atoms with van der Waals surface area (Å²) in [6.45, 7) is 7.50. The van der Waals surface area contributed by atoms with Crippen LogP contribution in [0.25, 0.3) is 0 Å². The molecule has 0 heterocycles. The van der Waals surface area contributed by atoms with Crippen molar-refractivity contribution < 1.29 is 4.74 Å². The lowest BCUT2D eigenvalue weighted by molar-refractivity contribution is -0.0118. The molecule has 1 fully saturated rings. The van der Waals surface area contributed by atoms with Crippen molar-refractivity contribution in [3.63, 3.8) is 0 Å². The molecule has 1 aliphatic carbocycles. The molecule has 2 heteroatoms. The minimum absolute atomic E-state index is 0.291.